The molecule has 0 spiro atoms. The van der Waals surface area contributed by atoms with Crippen molar-refractivity contribution in [2.45, 2.75) is 25.2 Å². The van der Waals surface area contributed by atoms with E-state index in [9.17, 15) is 18.0 Å². The van der Waals surface area contributed by atoms with Crippen LogP contribution in [0, 0.1) is 13.8 Å². The van der Waals surface area contributed by atoms with Gasteiger partial charge in [0, 0.05) is 23.9 Å². The molecule has 0 bridgehead atoms. The summed E-state index contributed by atoms with van der Waals surface area (Å²) in [6, 6.07) is 7.19. The zero-order valence-electron chi connectivity index (χ0n) is 15.1. The van der Waals surface area contributed by atoms with Crippen LogP contribution in [0.3, 0.4) is 0 Å². The van der Waals surface area contributed by atoms with Gasteiger partial charge in [-0.25, -0.2) is 18.4 Å². The van der Waals surface area contributed by atoms with Crippen LogP contribution in [0.4, 0.5) is 11.5 Å². The number of amides is 2. The van der Waals surface area contributed by atoms with E-state index < -0.39 is 15.9 Å². The number of hydrazine groups is 1. The molecule has 0 unspecified atom stereocenters. The molecule has 28 heavy (non-hydrogen) atoms. The minimum Gasteiger partial charge on any atom is -0.321 e. The predicted octanol–water partition coefficient (Wildman–Crippen LogP) is 0.741. The number of aryl methyl sites for hydroxylation is 2. The van der Waals surface area contributed by atoms with Crippen LogP contribution >= 0.6 is 0 Å². The van der Waals surface area contributed by atoms with Gasteiger partial charge in [0.15, 0.2) is 0 Å². The zero-order chi connectivity index (χ0) is 20.3. The van der Waals surface area contributed by atoms with E-state index >= 15 is 0 Å². The van der Waals surface area contributed by atoms with Gasteiger partial charge < -0.3 is 5.32 Å². The first kappa shape index (κ1) is 19.3. The number of sulfonamides is 1. The van der Waals surface area contributed by atoms with Crippen LogP contribution in [0.15, 0.2) is 47.0 Å². The van der Waals surface area contributed by atoms with Crippen LogP contribution in [0.5, 0.6) is 0 Å². The molecule has 1 aromatic carbocycles. The van der Waals surface area contributed by atoms with Gasteiger partial charge in [0.1, 0.15) is 17.3 Å². The molecule has 11 heteroatoms. The number of benzene rings is 1. The number of aromatic nitrogens is 2. The molecule has 3 rings (SSSR count). The lowest BCUT2D eigenvalue weighted by molar-refractivity contribution is -0.121. The van der Waals surface area contributed by atoms with Gasteiger partial charge >= 0.3 is 0 Å². The Morgan fingerprint density at radius 2 is 1.82 bits per heavy atom. The topological polar surface area (TPSA) is 142 Å². The quantitative estimate of drug-likeness (QED) is 0.578. The Labute approximate surface area is 161 Å². The second-order valence-electron chi connectivity index (χ2n) is 6.02. The van der Waals surface area contributed by atoms with Crippen LogP contribution in [-0.2, 0) is 19.6 Å². The average molecular weight is 402 g/mol. The smallest absolute Gasteiger partial charge is 0.273 e. The first-order chi connectivity index (χ1) is 13.2. The van der Waals surface area contributed by atoms with E-state index in [0.717, 1.165) is 0 Å². The summed E-state index contributed by atoms with van der Waals surface area (Å²) >= 11 is 0. The largest absolute Gasteiger partial charge is 0.321 e. The standard InChI is InChI=1S/C17H18N6O4S/c1-10-9-15(19-11(2)18-10)23-28(26,27)13-5-3-12(4-6-13)20-17(25)14-7-8-16(24)22-21-14/h3-7,9,21H,8H2,1-2H3,(H,20,25)(H,22,24)(H,18,19,23). The van der Waals surface area contributed by atoms with Gasteiger partial charge in [-0.1, -0.05) is 0 Å². The number of hydrogen-bond donors (Lipinski definition) is 4. The number of nitrogens with zero attached hydrogens (tertiary/aromatic N) is 2. The summed E-state index contributed by atoms with van der Waals surface area (Å²) in [5.74, 6) is -0.0642. The fourth-order valence-electron chi connectivity index (χ4n) is 2.47. The fraction of sp³-hybridized carbons (Fsp3) is 0.176. The zero-order valence-corrected chi connectivity index (χ0v) is 15.9. The SMILES string of the molecule is Cc1cc(NS(=O)(=O)c2ccc(NC(=O)C3=CCC(=O)NN3)cc2)nc(C)n1. The number of nitrogens with one attached hydrogen (secondary N) is 4. The van der Waals surface area contributed by atoms with Crippen LogP contribution in [-0.4, -0.2) is 30.2 Å². The summed E-state index contributed by atoms with van der Waals surface area (Å²) in [6.07, 6.45) is 1.56. The summed E-state index contributed by atoms with van der Waals surface area (Å²) in [5.41, 5.74) is 6.08. The lowest BCUT2D eigenvalue weighted by Crippen LogP contribution is -2.43. The maximum atomic E-state index is 12.5. The molecule has 1 aliphatic rings. The lowest BCUT2D eigenvalue weighted by Gasteiger charge is -2.16. The molecule has 10 nitrogen and oxygen atoms in total. The van der Waals surface area contributed by atoms with E-state index in [1.165, 1.54) is 36.4 Å². The molecule has 4 N–H and O–H groups in total. The Kier molecular flexibility index (Phi) is 5.27. The molecule has 0 aliphatic carbocycles. The summed E-state index contributed by atoms with van der Waals surface area (Å²) in [5, 5.41) is 2.61. The van der Waals surface area contributed by atoms with Crippen molar-refractivity contribution in [2.24, 2.45) is 0 Å². The van der Waals surface area contributed by atoms with Crippen LogP contribution in [0.2, 0.25) is 0 Å². The summed E-state index contributed by atoms with van der Waals surface area (Å²) in [7, 11) is -3.84. The Hall–Kier alpha value is -3.47. The molecular weight excluding hydrogens is 384 g/mol. The number of rotatable bonds is 5. The molecular formula is C17H18N6O4S. The molecule has 0 fully saturated rings. The summed E-state index contributed by atoms with van der Waals surface area (Å²) < 4.78 is 27.4. The highest BCUT2D eigenvalue weighted by atomic mass is 32.2. The Morgan fingerprint density at radius 1 is 1.11 bits per heavy atom. The van der Waals surface area contributed by atoms with Gasteiger partial charge in [-0.15, -0.1) is 0 Å². The molecule has 0 radical (unpaired) electrons. The molecule has 146 valence electrons. The third-order valence-corrected chi connectivity index (χ3v) is 5.07. The van der Waals surface area contributed by atoms with Crippen molar-refractivity contribution < 1.29 is 18.0 Å². The van der Waals surface area contributed by atoms with Crippen molar-refractivity contribution in [1.82, 2.24) is 20.8 Å². The van der Waals surface area contributed by atoms with Crippen molar-refractivity contribution >= 4 is 33.3 Å². The van der Waals surface area contributed by atoms with E-state index in [1.807, 2.05) is 0 Å². The number of hydrogen-bond acceptors (Lipinski definition) is 7. The molecule has 2 amide bonds. The van der Waals surface area contributed by atoms with E-state index in [1.54, 1.807) is 13.8 Å². The maximum Gasteiger partial charge on any atom is 0.273 e. The van der Waals surface area contributed by atoms with Crippen LogP contribution in [0.25, 0.3) is 0 Å². The Morgan fingerprint density at radius 3 is 2.43 bits per heavy atom. The molecule has 0 saturated heterocycles. The van der Waals surface area contributed by atoms with Crippen molar-refractivity contribution in [3.8, 4) is 0 Å². The fourth-order valence-corrected chi connectivity index (χ4v) is 3.46. The van der Waals surface area contributed by atoms with Crippen molar-refractivity contribution in [3.63, 3.8) is 0 Å². The summed E-state index contributed by atoms with van der Waals surface area (Å²) in [4.78, 5) is 31.4. The molecule has 2 aromatic rings. The van der Waals surface area contributed by atoms with Crippen molar-refractivity contribution in [1.29, 1.82) is 0 Å². The second-order valence-corrected chi connectivity index (χ2v) is 7.70. The monoisotopic (exact) mass is 402 g/mol. The third-order valence-electron chi connectivity index (χ3n) is 3.70. The summed E-state index contributed by atoms with van der Waals surface area (Å²) in [6.45, 7) is 3.41. The van der Waals surface area contributed by atoms with Gasteiger partial charge in [0.2, 0.25) is 5.91 Å². The molecule has 0 atom stereocenters. The molecule has 1 aliphatic heterocycles. The minimum absolute atomic E-state index is 0.0155. The van der Waals surface area contributed by atoms with Crippen LogP contribution < -0.4 is 20.9 Å². The number of carbonyl (C=O) groups is 2. The van der Waals surface area contributed by atoms with E-state index in [4.69, 9.17) is 0 Å². The van der Waals surface area contributed by atoms with Gasteiger partial charge in [0.05, 0.1) is 4.90 Å². The van der Waals surface area contributed by atoms with E-state index in [0.29, 0.717) is 17.2 Å². The van der Waals surface area contributed by atoms with Gasteiger partial charge in [-0.2, -0.15) is 0 Å². The van der Waals surface area contributed by atoms with E-state index in [-0.39, 0.29) is 28.7 Å². The lowest BCUT2D eigenvalue weighted by atomic mass is 10.2. The highest BCUT2D eigenvalue weighted by Crippen LogP contribution is 2.18. The normalized spacial score (nSPS) is 13.8. The number of anilines is 2. The first-order valence-electron chi connectivity index (χ1n) is 8.24. The van der Waals surface area contributed by atoms with Gasteiger partial charge in [-0.3, -0.25) is 25.2 Å². The van der Waals surface area contributed by atoms with E-state index in [2.05, 4.69) is 30.9 Å². The number of carbonyl (C=O) groups excluding carboxylic acids is 2. The minimum atomic E-state index is -3.84. The van der Waals surface area contributed by atoms with Crippen molar-refractivity contribution in [2.75, 3.05) is 10.0 Å². The highest BCUT2D eigenvalue weighted by molar-refractivity contribution is 7.92. The first-order valence-corrected chi connectivity index (χ1v) is 9.73. The molecule has 0 saturated carbocycles. The maximum absolute atomic E-state index is 12.5. The highest BCUT2D eigenvalue weighted by Gasteiger charge is 2.17. The van der Waals surface area contributed by atoms with Gasteiger partial charge in [-0.05, 0) is 44.2 Å². The van der Waals surface area contributed by atoms with Crippen LogP contribution in [0.1, 0.15) is 17.9 Å². The van der Waals surface area contributed by atoms with Gasteiger partial charge in [0.25, 0.3) is 15.9 Å². The Balaban J connectivity index is 1.70. The Bertz CT molecular complexity index is 1040. The second kappa shape index (κ2) is 7.64. The predicted molar refractivity (Wildman–Crippen MR) is 101 cm³/mol. The van der Waals surface area contributed by atoms with Crippen molar-refractivity contribution in [3.05, 3.63) is 53.6 Å². The molecule has 2 heterocycles. The average Bonchev–Trinajstić information content (AvgIpc) is 2.61. The third kappa shape index (κ3) is 4.62. The molecule has 1 aromatic heterocycles.